The lowest BCUT2D eigenvalue weighted by atomic mass is 9.97. The molecule has 1 aromatic carbocycles. The van der Waals surface area contributed by atoms with Gasteiger partial charge in [0.25, 0.3) is 0 Å². The highest BCUT2D eigenvalue weighted by molar-refractivity contribution is 7.18. The number of hydrogen-bond donors (Lipinski definition) is 0. The first-order valence-corrected chi connectivity index (χ1v) is 11.3. The molecular weight excluding hydrogens is 394 g/mol. The van der Waals surface area contributed by atoms with Crippen molar-refractivity contribution in [2.24, 2.45) is 0 Å². The number of hydrogen-bond acceptors (Lipinski definition) is 4. The fourth-order valence-electron chi connectivity index (χ4n) is 3.75. The molecule has 0 aliphatic carbocycles. The third kappa shape index (κ3) is 5.03. The number of nitrogens with zero attached hydrogens (tertiary/aromatic N) is 3. The summed E-state index contributed by atoms with van der Waals surface area (Å²) in [6.45, 7) is 6.96. The molecule has 0 bridgehead atoms. The predicted octanol–water partition coefficient (Wildman–Crippen LogP) is 4.69. The van der Waals surface area contributed by atoms with E-state index in [0.717, 1.165) is 54.2 Å². The zero-order chi connectivity index (χ0) is 20.1. The van der Waals surface area contributed by atoms with E-state index in [1.54, 1.807) is 11.3 Å². The Morgan fingerprint density at radius 3 is 2.61 bits per heavy atom. The van der Waals surface area contributed by atoms with Crippen molar-refractivity contribution in [3.8, 4) is 0 Å². The Labute approximate surface area is 175 Å². The Kier molecular flexibility index (Phi) is 7.30. The molecule has 1 aromatic heterocycles. The van der Waals surface area contributed by atoms with E-state index in [-0.39, 0.29) is 11.8 Å². The second-order valence-electron chi connectivity index (χ2n) is 7.24. The van der Waals surface area contributed by atoms with Crippen LogP contribution in [0.5, 0.6) is 0 Å². The van der Waals surface area contributed by atoms with Gasteiger partial charge in [0.05, 0.1) is 15.2 Å². The van der Waals surface area contributed by atoms with E-state index in [9.17, 15) is 9.59 Å². The molecule has 5 nitrogen and oxygen atoms in total. The van der Waals surface area contributed by atoms with Crippen LogP contribution in [-0.4, -0.2) is 52.8 Å². The normalized spacial score (nSPS) is 15.2. The number of fused-ring (bicyclic) bond motifs is 1. The summed E-state index contributed by atoms with van der Waals surface area (Å²) in [6, 6.07) is 5.84. The van der Waals surface area contributed by atoms with Crippen molar-refractivity contribution in [3.63, 3.8) is 0 Å². The first-order chi connectivity index (χ1) is 13.5. The van der Waals surface area contributed by atoms with Crippen LogP contribution >= 0.6 is 22.9 Å². The van der Waals surface area contributed by atoms with Gasteiger partial charge in [-0.25, -0.2) is 4.98 Å². The number of benzene rings is 1. The van der Waals surface area contributed by atoms with E-state index < -0.39 is 0 Å². The monoisotopic (exact) mass is 421 g/mol. The largest absolute Gasteiger partial charge is 0.343 e. The zero-order valence-corrected chi connectivity index (χ0v) is 18.2. The smallest absolute Gasteiger partial charge is 0.222 e. The molecule has 0 atom stereocenters. The number of amides is 2. The van der Waals surface area contributed by atoms with E-state index in [1.807, 2.05) is 41.8 Å². The molecule has 28 heavy (non-hydrogen) atoms. The van der Waals surface area contributed by atoms with Gasteiger partial charge in [-0.15, -0.1) is 11.3 Å². The molecule has 1 aliphatic rings. The SMILES string of the molecule is CCN(CC)C(=O)CCCC(=O)N1CCC(c2nc3cc(Cl)ccc3s2)CC1. The number of carbonyl (C=O) groups excluding carboxylic acids is 2. The quantitative estimate of drug-likeness (QED) is 0.651. The van der Waals surface area contributed by atoms with Crippen LogP contribution in [0.3, 0.4) is 0 Å². The standard InChI is InChI=1S/C21H28ClN3O2S/c1-3-24(4-2)19(26)6-5-7-20(27)25-12-10-15(11-13-25)21-23-17-14-16(22)8-9-18(17)28-21/h8-9,14-15H,3-7,10-13H2,1-2H3. The van der Waals surface area contributed by atoms with E-state index in [1.165, 1.54) is 0 Å². The molecule has 0 radical (unpaired) electrons. The fraction of sp³-hybridized carbons (Fsp3) is 0.571. The highest BCUT2D eigenvalue weighted by Crippen LogP contribution is 2.34. The van der Waals surface area contributed by atoms with Crippen molar-refractivity contribution in [2.45, 2.75) is 51.9 Å². The van der Waals surface area contributed by atoms with Crippen LogP contribution in [0.4, 0.5) is 0 Å². The Balaban J connectivity index is 1.46. The summed E-state index contributed by atoms with van der Waals surface area (Å²) in [6.07, 6.45) is 3.43. The molecule has 0 unspecified atom stereocenters. The lowest BCUT2D eigenvalue weighted by Gasteiger charge is -2.31. The molecule has 2 amide bonds. The number of thiazole rings is 1. The molecule has 2 aromatic rings. The van der Waals surface area contributed by atoms with Gasteiger partial charge in [0, 0.05) is 50.0 Å². The third-order valence-electron chi connectivity index (χ3n) is 5.46. The molecular formula is C21H28ClN3O2S. The topological polar surface area (TPSA) is 53.5 Å². The van der Waals surface area contributed by atoms with Crippen molar-refractivity contribution in [2.75, 3.05) is 26.2 Å². The maximum atomic E-state index is 12.5. The summed E-state index contributed by atoms with van der Waals surface area (Å²) in [5.41, 5.74) is 0.962. The maximum absolute atomic E-state index is 12.5. The van der Waals surface area contributed by atoms with Crippen molar-refractivity contribution in [1.29, 1.82) is 0 Å². The Hall–Kier alpha value is -1.66. The molecule has 152 valence electrons. The summed E-state index contributed by atoms with van der Waals surface area (Å²) < 4.78 is 1.16. The van der Waals surface area contributed by atoms with Crippen LogP contribution in [0.15, 0.2) is 18.2 Å². The van der Waals surface area contributed by atoms with E-state index in [2.05, 4.69) is 0 Å². The van der Waals surface area contributed by atoms with Crippen LogP contribution in [0.25, 0.3) is 10.2 Å². The molecule has 0 saturated carbocycles. The molecule has 0 spiro atoms. The number of halogens is 1. The van der Waals surface area contributed by atoms with Crippen LogP contribution in [-0.2, 0) is 9.59 Å². The summed E-state index contributed by atoms with van der Waals surface area (Å²) in [4.78, 5) is 33.1. The maximum Gasteiger partial charge on any atom is 0.222 e. The van der Waals surface area contributed by atoms with Gasteiger partial charge in [0.15, 0.2) is 0 Å². The molecule has 1 fully saturated rings. The van der Waals surface area contributed by atoms with E-state index in [0.29, 0.717) is 30.2 Å². The van der Waals surface area contributed by atoms with Gasteiger partial charge >= 0.3 is 0 Å². The highest BCUT2D eigenvalue weighted by atomic mass is 35.5. The van der Waals surface area contributed by atoms with Gasteiger partial charge < -0.3 is 9.80 Å². The molecule has 2 heterocycles. The molecule has 0 N–H and O–H groups in total. The average molecular weight is 422 g/mol. The van der Waals surface area contributed by atoms with E-state index in [4.69, 9.17) is 16.6 Å². The lowest BCUT2D eigenvalue weighted by Crippen LogP contribution is -2.38. The summed E-state index contributed by atoms with van der Waals surface area (Å²) in [7, 11) is 0. The second-order valence-corrected chi connectivity index (χ2v) is 8.74. The second kappa shape index (κ2) is 9.70. The average Bonchev–Trinajstić information content (AvgIpc) is 3.12. The summed E-state index contributed by atoms with van der Waals surface area (Å²) in [5.74, 6) is 0.721. The number of rotatable bonds is 7. The first-order valence-electron chi connectivity index (χ1n) is 10.1. The number of likely N-dealkylation sites (tertiary alicyclic amines) is 1. The van der Waals surface area contributed by atoms with Crippen LogP contribution in [0, 0.1) is 0 Å². The van der Waals surface area contributed by atoms with Crippen molar-refractivity contribution in [1.82, 2.24) is 14.8 Å². The van der Waals surface area contributed by atoms with E-state index >= 15 is 0 Å². The predicted molar refractivity (Wildman–Crippen MR) is 115 cm³/mol. The Morgan fingerprint density at radius 2 is 1.93 bits per heavy atom. The number of carbonyl (C=O) groups is 2. The van der Waals surface area contributed by atoms with Gasteiger partial charge in [0.1, 0.15) is 0 Å². The third-order valence-corrected chi connectivity index (χ3v) is 6.89. The minimum Gasteiger partial charge on any atom is -0.343 e. The lowest BCUT2D eigenvalue weighted by molar-refractivity contribution is -0.133. The van der Waals surface area contributed by atoms with Gasteiger partial charge in [-0.05, 0) is 51.3 Å². The zero-order valence-electron chi connectivity index (χ0n) is 16.6. The highest BCUT2D eigenvalue weighted by Gasteiger charge is 2.26. The van der Waals surface area contributed by atoms with Crippen LogP contribution in [0.1, 0.15) is 56.9 Å². The minimum atomic E-state index is 0.146. The summed E-state index contributed by atoms with van der Waals surface area (Å²) in [5, 5.41) is 1.86. The Bertz CT molecular complexity index is 826. The van der Waals surface area contributed by atoms with Crippen LogP contribution < -0.4 is 0 Å². The van der Waals surface area contributed by atoms with Crippen LogP contribution in [0.2, 0.25) is 5.02 Å². The molecule has 3 rings (SSSR count). The van der Waals surface area contributed by atoms with Gasteiger partial charge in [-0.2, -0.15) is 0 Å². The Morgan fingerprint density at radius 1 is 1.21 bits per heavy atom. The molecule has 1 aliphatic heterocycles. The van der Waals surface area contributed by atoms with Gasteiger partial charge in [-0.1, -0.05) is 11.6 Å². The van der Waals surface area contributed by atoms with Gasteiger partial charge in [-0.3, -0.25) is 9.59 Å². The fourth-order valence-corrected chi connectivity index (χ4v) is 5.04. The molecule has 1 saturated heterocycles. The van der Waals surface area contributed by atoms with Gasteiger partial charge in [0.2, 0.25) is 11.8 Å². The molecule has 7 heteroatoms. The van der Waals surface area contributed by atoms with Crippen molar-refractivity contribution in [3.05, 3.63) is 28.2 Å². The van der Waals surface area contributed by atoms with Crippen molar-refractivity contribution >= 4 is 45.0 Å². The van der Waals surface area contributed by atoms with Crippen molar-refractivity contribution < 1.29 is 9.59 Å². The number of piperidine rings is 1. The number of aromatic nitrogens is 1. The summed E-state index contributed by atoms with van der Waals surface area (Å²) >= 11 is 7.79. The first kappa shape index (κ1) is 21.1. The minimum absolute atomic E-state index is 0.146.